The summed E-state index contributed by atoms with van der Waals surface area (Å²) in [6, 6.07) is 0. The molecule has 4 unspecified atom stereocenters. The molecular weight excluding hydrogens is 525 g/mol. The zero-order chi connectivity index (χ0) is 26.9. The molecule has 4 rings (SSSR count). The van der Waals surface area contributed by atoms with Gasteiger partial charge in [-0.1, -0.05) is 101 Å². The van der Waals surface area contributed by atoms with E-state index in [0.717, 1.165) is 61.6 Å². The summed E-state index contributed by atoms with van der Waals surface area (Å²) in [5, 5.41) is 8.18. The molecule has 37 heavy (non-hydrogen) atoms. The van der Waals surface area contributed by atoms with Crippen LogP contribution >= 0.6 is 34.9 Å². The number of aromatic nitrogens is 2. The molecule has 0 aliphatic heterocycles. The fourth-order valence-electron chi connectivity index (χ4n) is 5.80. The monoisotopic (exact) mass is 570 g/mol. The van der Waals surface area contributed by atoms with Crippen molar-refractivity contribution in [1.29, 1.82) is 0 Å². The second-order valence-corrected chi connectivity index (χ2v) is 15.6. The van der Waals surface area contributed by atoms with Crippen LogP contribution in [0.3, 0.4) is 0 Å². The first kappa shape index (κ1) is 30.7. The molecule has 0 saturated heterocycles. The Morgan fingerprint density at radius 1 is 0.973 bits per heavy atom. The first-order chi connectivity index (χ1) is 17.7. The largest absolute Gasteiger partial charge is 0.466 e. The van der Waals surface area contributed by atoms with E-state index in [0.29, 0.717) is 28.9 Å². The van der Waals surface area contributed by atoms with Gasteiger partial charge in [-0.05, 0) is 56.3 Å². The second kappa shape index (κ2) is 14.5. The van der Waals surface area contributed by atoms with Gasteiger partial charge in [0.1, 0.15) is 5.25 Å². The van der Waals surface area contributed by atoms with Gasteiger partial charge in [-0.15, -0.1) is 10.2 Å². The van der Waals surface area contributed by atoms with Gasteiger partial charge in [0.2, 0.25) is 0 Å². The van der Waals surface area contributed by atoms with Crippen molar-refractivity contribution < 1.29 is 19.1 Å². The van der Waals surface area contributed by atoms with Crippen molar-refractivity contribution in [2.75, 3.05) is 13.2 Å². The van der Waals surface area contributed by atoms with Crippen LogP contribution in [0.2, 0.25) is 0 Å². The van der Waals surface area contributed by atoms with Crippen LogP contribution in [0.4, 0.5) is 0 Å². The minimum Gasteiger partial charge on any atom is -0.466 e. The normalized spacial score (nSPS) is 24.8. The first-order valence-corrected chi connectivity index (χ1v) is 16.7. The number of ether oxygens (including phenoxy) is 2. The number of fused-ring (bicyclic) bond motifs is 2. The fourth-order valence-corrected chi connectivity index (χ4v) is 9.98. The molecule has 6 nitrogen and oxygen atoms in total. The summed E-state index contributed by atoms with van der Waals surface area (Å²) in [5.74, 6) is 0.820. The van der Waals surface area contributed by atoms with Crippen LogP contribution in [0.15, 0.2) is 8.68 Å². The quantitative estimate of drug-likeness (QED) is 0.106. The Kier molecular flexibility index (Phi) is 12.1. The van der Waals surface area contributed by atoms with Gasteiger partial charge in [-0.3, -0.25) is 9.59 Å². The molecular formula is C28H46N2O4S3. The highest BCUT2D eigenvalue weighted by Gasteiger charge is 2.59. The van der Waals surface area contributed by atoms with Crippen molar-refractivity contribution in [1.82, 2.24) is 10.2 Å². The van der Waals surface area contributed by atoms with Gasteiger partial charge in [0.25, 0.3) is 0 Å². The van der Waals surface area contributed by atoms with Gasteiger partial charge in [0.05, 0.1) is 19.6 Å². The second-order valence-electron chi connectivity index (χ2n) is 11.4. The lowest BCUT2D eigenvalue weighted by atomic mass is 9.45. The van der Waals surface area contributed by atoms with Crippen LogP contribution < -0.4 is 0 Å². The molecule has 4 atom stereocenters. The van der Waals surface area contributed by atoms with E-state index in [1.165, 1.54) is 42.4 Å². The highest BCUT2D eigenvalue weighted by Crippen LogP contribution is 2.67. The third-order valence-corrected chi connectivity index (χ3v) is 12.0. The van der Waals surface area contributed by atoms with Gasteiger partial charge in [0, 0.05) is 4.75 Å². The highest BCUT2D eigenvalue weighted by atomic mass is 32.2. The smallest absolute Gasteiger partial charge is 0.320 e. The lowest BCUT2D eigenvalue weighted by Gasteiger charge is -2.64. The van der Waals surface area contributed by atoms with E-state index in [2.05, 4.69) is 44.8 Å². The molecule has 0 aromatic carbocycles. The predicted octanol–water partition coefficient (Wildman–Crippen LogP) is 7.94. The van der Waals surface area contributed by atoms with Gasteiger partial charge in [-0.2, -0.15) is 0 Å². The summed E-state index contributed by atoms with van der Waals surface area (Å²) in [6.07, 6.45) is 12.1. The van der Waals surface area contributed by atoms with E-state index >= 15 is 0 Å². The Balaban J connectivity index is 1.57. The van der Waals surface area contributed by atoms with Gasteiger partial charge < -0.3 is 9.47 Å². The maximum Gasteiger partial charge on any atom is 0.320 e. The van der Waals surface area contributed by atoms with Crippen molar-refractivity contribution in [3.8, 4) is 0 Å². The minimum atomic E-state index is -0.670. The standard InChI is InChI=1S/C28H46N2O4S3/c1-6-8-10-12-16-33-23(31)19-21(24(32)34-17-13-11-9-7-2)35-25-29-30-26(36-25)37-28(5)15-14-20-18-22(28)27(20,3)4/h20-22H,6-19H2,1-5H3. The lowest BCUT2D eigenvalue weighted by molar-refractivity contribution is -0.149. The summed E-state index contributed by atoms with van der Waals surface area (Å²) < 4.78 is 12.8. The number of hydrogen-bond acceptors (Lipinski definition) is 9. The lowest BCUT2D eigenvalue weighted by Crippen LogP contribution is -2.58. The van der Waals surface area contributed by atoms with Crippen LogP contribution in [0.5, 0.6) is 0 Å². The van der Waals surface area contributed by atoms with Gasteiger partial charge in [0.15, 0.2) is 8.68 Å². The molecule has 3 fully saturated rings. The van der Waals surface area contributed by atoms with Crippen molar-refractivity contribution >= 4 is 46.8 Å². The van der Waals surface area contributed by atoms with Crippen LogP contribution in [-0.2, 0) is 19.1 Å². The van der Waals surface area contributed by atoms with Crippen molar-refractivity contribution in [2.45, 2.75) is 130 Å². The topological polar surface area (TPSA) is 78.4 Å². The van der Waals surface area contributed by atoms with Crippen molar-refractivity contribution in [2.24, 2.45) is 17.3 Å². The van der Waals surface area contributed by atoms with Crippen molar-refractivity contribution in [3.05, 3.63) is 0 Å². The minimum absolute atomic E-state index is 0.0103. The molecule has 3 aliphatic carbocycles. The van der Waals surface area contributed by atoms with Crippen LogP contribution in [0, 0.1) is 17.3 Å². The first-order valence-electron chi connectivity index (χ1n) is 14.2. The molecule has 0 spiro atoms. The average molecular weight is 571 g/mol. The van der Waals surface area contributed by atoms with Crippen molar-refractivity contribution in [3.63, 3.8) is 0 Å². The van der Waals surface area contributed by atoms with Crippen LogP contribution in [0.25, 0.3) is 0 Å². The SMILES string of the molecule is CCCCCCOC(=O)CC(Sc1nnc(SC2(C)CCC3CC2C3(C)C)s1)C(=O)OCCCCCC. The molecule has 0 amide bonds. The Bertz CT molecular complexity index is 875. The van der Waals surface area contributed by atoms with E-state index in [9.17, 15) is 9.59 Å². The molecule has 0 N–H and O–H groups in total. The third-order valence-electron chi connectivity index (χ3n) is 8.27. The maximum atomic E-state index is 12.9. The average Bonchev–Trinajstić information content (AvgIpc) is 3.28. The van der Waals surface area contributed by atoms with Gasteiger partial charge >= 0.3 is 11.9 Å². The molecule has 1 heterocycles. The molecule has 1 aromatic heterocycles. The number of carbonyl (C=O) groups excluding carboxylic acids is 2. The molecule has 9 heteroatoms. The summed E-state index contributed by atoms with van der Waals surface area (Å²) in [7, 11) is 0. The number of rotatable bonds is 17. The zero-order valence-corrected chi connectivity index (χ0v) is 25.8. The summed E-state index contributed by atoms with van der Waals surface area (Å²) in [6.45, 7) is 12.3. The van der Waals surface area contributed by atoms with E-state index in [1.54, 1.807) is 0 Å². The zero-order valence-electron chi connectivity index (χ0n) is 23.4. The Morgan fingerprint density at radius 2 is 1.62 bits per heavy atom. The van der Waals surface area contributed by atoms with E-state index in [-0.39, 0.29) is 23.1 Å². The maximum absolute atomic E-state index is 12.9. The number of nitrogens with zero attached hydrogens (tertiary/aromatic N) is 2. The highest BCUT2D eigenvalue weighted by molar-refractivity contribution is 8.04. The molecule has 2 bridgehead atoms. The Labute approximate surface area is 236 Å². The third kappa shape index (κ3) is 8.59. The number of esters is 2. The van der Waals surface area contributed by atoms with E-state index in [1.807, 2.05) is 11.8 Å². The van der Waals surface area contributed by atoms with Crippen LogP contribution in [0.1, 0.15) is 112 Å². The number of unbranched alkanes of at least 4 members (excludes halogenated alkanes) is 6. The Morgan fingerprint density at radius 3 is 2.24 bits per heavy atom. The van der Waals surface area contributed by atoms with E-state index < -0.39 is 5.25 Å². The number of carbonyl (C=O) groups is 2. The van der Waals surface area contributed by atoms with E-state index in [4.69, 9.17) is 9.47 Å². The van der Waals surface area contributed by atoms with Crippen LogP contribution in [-0.4, -0.2) is 45.3 Å². The predicted molar refractivity (Wildman–Crippen MR) is 153 cm³/mol. The summed E-state index contributed by atoms with van der Waals surface area (Å²) in [4.78, 5) is 25.5. The molecule has 1 aromatic rings. The summed E-state index contributed by atoms with van der Waals surface area (Å²) >= 11 is 4.66. The Hall–Kier alpha value is -0.800. The molecule has 0 radical (unpaired) electrons. The number of thioether (sulfide) groups is 2. The molecule has 3 aliphatic rings. The summed E-state index contributed by atoms with van der Waals surface area (Å²) in [5.41, 5.74) is 0.394. The fraction of sp³-hybridized carbons (Fsp3) is 0.857. The van der Waals surface area contributed by atoms with Gasteiger partial charge in [-0.25, -0.2) is 0 Å². The molecule has 210 valence electrons. The number of hydrogen-bond donors (Lipinski definition) is 0. The molecule has 3 saturated carbocycles.